The highest BCUT2D eigenvalue weighted by molar-refractivity contribution is 9.10. The van der Waals surface area contributed by atoms with Crippen molar-refractivity contribution < 1.29 is 9.59 Å². The molecule has 0 aliphatic carbocycles. The summed E-state index contributed by atoms with van der Waals surface area (Å²) in [5, 5.41) is 5.43. The van der Waals surface area contributed by atoms with Crippen molar-refractivity contribution in [3.05, 3.63) is 69.7 Å². The number of anilines is 2. The number of benzene rings is 3. The van der Waals surface area contributed by atoms with Gasteiger partial charge in [0.25, 0.3) is 5.91 Å². The summed E-state index contributed by atoms with van der Waals surface area (Å²) < 4.78 is 0.952. The van der Waals surface area contributed by atoms with E-state index in [0.29, 0.717) is 41.7 Å². The molecule has 0 radical (unpaired) electrons. The molecular weight excluding hydrogens is 502 g/mol. The summed E-state index contributed by atoms with van der Waals surface area (Å²) in [6, 6.07) is 17.1. The van der Waals surface area contributed by atoms with Gasteiger partial charge in [-0.3, -0.25) is 9.59 Å². The van der Waals surface area contributed by atoms with Crippen molar-refractivity contribution in [2.75, 3.05) is 36.4 Å². The van der Waals surface area contributed by atoms with Crippen LogP contribution in [0.3, 0.4) is 0 Å². The number of hydrogen-bond donors (Lipinski definition) is 1. The molecule has 3 aromatic rings. The minimum absolute atomic E-state index is 0.181. The molecule has 7 heteroatoms. The van der Waals surface area contributed by atoms with Gasteiger partial charge in [0.15, 0.2) is 0 Å². The van der Waals surface area contributed by atoms with Crippen LogP contribution >= 0.6 is 27.5 Å². The average molecular weight is 529 g/mol. The monoisotopic (exact) mass is 527 g/mol. The lowest BCUT2D eigenvalue weighted by Crippen LogP contribution is -2.49. The molecule has 4 rings (SSSR count). The van der Waals surface area contributed by atoms with Crippen LogP contribution in [0.25, 0.3) is 10.8 Å². The maximum atomic E-state index is 13.0. The maximum absolute atomic E-state index is 13.0. The predicted molar refractivity (Wildman–Crippen MR) is 139 cm³/mol. The standard InChI is InChI=1S/C26H27BrClN3O2/c1-17(2)15-25(32)31-13-11-30(12-14-31)24-10-9-18(16-23(24)28)29-26(33)21-7-3-6-20-19(21)5-4-8-22(20)27/h3-10,16-17H,11-15H2,1-2H3,(H,29,33). The van der Waals surface area contributed by atoms with Gasteiger partial charge in [-0.25, -0.2) is 0 Å². The molecule has 0 bridgehead atoms. The number of nitrogens with one attached hydrogen (secondary N) is 1. The minimum atomic E-state index is -0.181. The Kier molecular flexibility index (Phi) is 7.25. The van der Waals surface area contributed by atoms with E-state index in [4.69, 9.17) is 11.6 Å². The second kappa shape index (κ2) is 10.1. The predicted octanol–water partition coefficient (Wildman–Crippen LogP) is 6.20. The molecule has 0 atom stereocenters. The number of halogens is 2. The summed E-state index contributed by atoms with van der Waals surface area (Å²) in [6.45, 7) is 6.98. The van der Waals surface area contributed by atoms with Gasteiger partial charge in [0.1, 0.15) is 0 Å². The Morgan fingerprint density at radius 1 is 1.00 bits per heavy atom. The molecule has 1 aliphatic rings. The molecule has 0 aromatic heterocycles. The Morgan fingerprint density at radius 2 is 1.70 bits per heavy atom. The molecule has 5 nitrogen and oxygen atoms in total. The third-order valence-corrected chi connectivity index (χ3v) is 6.87. The highest BCUT2D eigenvalue weighted by Crippen LogP contribution is 2.31. The van der Waals surface area contributed by atoms with Gasteiger partial charge in [-0.1, -0.05) is 65.6 Å². The van der Waals surface area contributed by atoms with Crippen molar-refractivity contribution in [2.24, 2.45) is 5.92 Å². The molecule has 1 saturated heterocycles. The summed E-state index contributed by atoms with van der Waals surface area (Å²) in [6.07, 6.45) is 0.586. The fourth-order valence-corrected chi connectivity index (χ4v) is 4.98. The van der Waals surface area contributed by atoms with Crippen LogP contribution in [0.2, 0.25) is 5.02 Å². The van der Waals surface area contributed by atoms with Gasteiger partial charge in [0, 0.05) is 48.3 Å². The van der Waals surface area contributed by atoms with Gasteiger partial charge in [-0.05, 0) is 47.0 Å². The van der Waals surface area contributed by atoms with Crippen LogP contribution in [0.4, 0.5) is 11.4 Å². The number of nitrogens with zero attached hydrogens (tertiary/aromatic N) is 2. The first-order valence-corrected chi connectivity index (χ1v) is 12.3. The van der Waals surface area contributed by atoms with E-state index in [1.165, 1.54) is 0 Å². The molecule has 0 saturated carbocycles. The van der Waals surface area contributed by atoms with E-state index in [1.54, 1.807) is 6.07 Å². The maximum Gasteiger partial charge on any atom is 0.256 e. The zero-order valence-corrected chi connectivity index (χ0v) is 21.1. The highest BCUT2D eigenvalue weighted by atomic mass is 79.9. The van der Waals surface area contributed by atoms with Crippen molar-refractivity contribution in [1.82, 2.24) is 4.90 Å². The molecular formula is C26H27BrClN3O2. The molecule has 1 heterocycles. The average Bonchev–Trinajstić information content (AvgIpc) is 2.79. The van der Waals surface area contributed by atoms with Gasteiger partial charge < -0.3 is 15.1 Å². The lowest BCUT2D eigenvalue weighted by Gasteiger charge is -2.36. The van der Waals surface area contributed by atoms with Crippen LogP contribution in [0, 0.1) is 5.92 Å². The first-order valence-electron chi connectivity index (χ1n) is 11.1. The largest absolute Gasteiger partial charge is 0.367 e. The van der Waals surface area contributed by atoms with Gasteiger partial charge in [-0.2, -0.15) is 0 Å². The number of carbonyl (C=O) groups is 2. The summed E-state index contributed by atoms with van der Waals surface area (Å²) in [7, 11) is 0. The fraction of sp³-hybridized carbons (Fsp3) is 0.308. The number of piperazine rings is 1. The van der Waals surface area contributed by atoms with Crippen LogP contribution in [0.1, 0.15) is 30.6 Å². The zero-order valence-electron chi connectivity index (χ0n) is 18.8. The molecule has 172 valence electrons. The van der Waals surface area contributed by atoms with E-state index in [2.05, 4.69) is 40.0 Å². The molecule has 1 fully saturated rings. The molecule has 33 heavy (non-hydrogen) atoms. The Morgan fingerprint density at radius 3 is 2.39 bits per heavy atom. The molecule has 3 aromatic carbocycles. The summed E-state index contributed by atoms with van der Waals surface area (Å²) in [5.41, 5.74) is 2.17. The lowest BCUT2D eigenvalue weighted by molar-refractivity contribution is -0.132. The smallest absolute Gasteiger partial charge is 0.256 e. The number of carbonyl (C=O) groups excluding carboxylic acids is 2. The minimum Gasteiger partial charge on any atom is -0.367 e. The van der Waals surface area contributed by atoms with Crippen LogP contribution in [0.5, 0.6) is 0 Å². The Hall–Kier alpha value is -2.57. The van der Waals surface area contributed by atoms with Crippen LogP contribution in [0.15, 0.2) is 59.1 Å². The normalized spacial score (nSPS) is 14.1. The molecule has 1 aliphatic heterocycles. The van der Waals surface area contributed by atoms with Crippen molar-refractivity contribution >= 4 is 61.5 Å². The second-order valence-electron chi connectivity index (χ2n) is 8.73. The zero-order chi connectivity index (χ0) is 23.5. The molecule has 1 N–H and O–H groups in total. The molecule has 0 spiro atoms. The van der Waals surface area contributed by atoms with Crippen molar-refractivity contribution in [3.8, 4) is 0 Å². The highest BCUT2D eigenvalue weighted by Gasteiger charge is 2.23. The summed E-state index contributed by atoms with van der Waals surface area (Å²) in [5.74, 6) is 0.400. The fourth-order valence-electron chi connectivity index (χ4n) is 4.18. The Bertz CT molecular complexity index is 1190. The van der Waals surface area contributed by atoms with Crippen LogP contribution in [-0.2, 0) is 4.79 Å². The number of fused-ring (bicyclic) bond motifs is 1. The number of hydrogen-bond acceptors (Lipinski definition) is 3. The lowest BCUT2D eigenvalue weighted by atomic mass is 10.0. The Balaban J connectivity index is 1.44. The van der Waals surface area contributed by atoms with Gasteiger partial charge in [0.2, 0.25) is 5.91 Å². The van der Waals surface area contributed by atoms with E-state index in [1.807, 2.05) is 53.4 Å². The van der Waals surface area contributed by atoms with E-state index in [-0.39, 0.29) is 11.8 Å². The molecule has 0 unspecified atom stereocenters. The second-order valence-corrected chi connectivity index (χ2v) is 9.99. The van der Waals surface area contributed by atoms with E-state index in [0.717, 1.165) is 34.0 Å². The quantitative estimate of drug-likeness (QED) is 0.429. The summed E-state index contributed by atoms with van der Waals surface area (Å²) in [4.78, 5) is 29.4. The number of amides is 2. The topological polar surface area (TPSA) is 52.7 Å². The van der Waals surface area contributed by atoms with Crippen molar-refractivity contribution in [1.29, 1.82) is 0 Å². The SMILES string of the molecule is CC(C)CC(=O)N1CCN(c2ccc(NC(=O)c3cccc4c(Br)cccc34)cc2Cl)CC1. The first-order chi connectivity index (χ1) is 15.8. The van der Waals surface area contributed by atoms with Crippen LogP contribution in [-0.4, -0.2) is 42.9 Å². The third kappa shape index (κ3) is 5.33. The third-order valence-electron chi connectivity index (χ3n) is 5.87. The van der Waals surface area contributed by atoms with Crippen LogP contribution < -0.4 is 10.2 Å². The van der Waals surface area contributed by atoms with Gasteiger partial charge >= 0.3 is 0 Å². The molecule has 2 amide bonds. The van der Waals surface area contributed by atoms with Crippen molar-refractivity contribution in [3.63, 3.8) is 0 Å². The van der Waals surface area contributed by atoms with Gasteiger partial charge in [0.05, 0.1) is 10.7 Å². The Labute approximate surface area is 207 Å². The van der Waals surface area contributed by atoms with E-state index >= 15 is 0 Å². The first kappa shape index (κ1) is 23.6. The number of rotatable bonds is 5. The van der Waals surface area contributed by atoms with E-state index < -0.39 is 0 Å². The van der Waals surface area contributed by atoms with Gasteiger partial charge in [-0.15, -0.1) is 0 Å². The van der Waals surface area contributed by atoms with E-state index in [9.17, 15) is 9.59 Å². The summed E-state index contributed by atoms with van der Waals surface area (Å²) >= 11 is 10.1. The van der Waals surface area contributed by atoms with Crippen molar-refractivity contribution in [2.45, 2.75) is 20.3 Å².